The van der Waals surface area contributed by atoms with Crippen molar-refractivity contribution in [2.24, 2.45) is 5.92 Å². The molecule has 0 aliphatic carbocycles. The Morgan fingerprint density at radius 2 is 2.11 bits per heavy atom. The lowest BCUT2D eigenvalue weighted by Crippen LogP contribution is -2.42. The molecule has 1 aliphatic rings. The molecule has 0 bridgehead atoms. The van der Waals surface area contributed by atoms with E-state index in [1.54, 1.807) is 0 Å². The number of benzene rings is 1. The molecular weight excluding hydrogens is 270 g/mol. The third kappa shape index (κ3) is 2.98. The fourth-order valence-corrected chi connectivity index (χ4v) is 2.39. The van der Waals surface area contributed by atoms with Gasteiger partial charge in [0.1, 0.15) is 5.75 Å². The Labute approximate surface area is 115 Å². The Hall–Kier alpha value is -1.75. The van der Waals surface area contributed by atoms with E-state index in [9.17, 15) is 14.7 Å². The van der Waals surface area contributed by atoms with Crippen LogP contribution >= 0.6 is 11.6 Å². The molecule has 6 heteroatoms. The van der Waals surface area contributed by atoms with Gasteiger partial charge in [-0.25, -0.2) is 0 Å². The van der Waals surface area contributed by atoms with Gasteiger partial charge in [-0.05, 0) is 31.0 Å². The second kappa shape index (κ2) is 5.48. The number of likely N-dealkylation sites (tertiary alicyclic amines) is 1. The highest BCUT2D eigenvalue weighted by Crippen LogP contribution is 2.25. The van der Waals surface area contributed by atoms with Gasteiger partial charge in [0.25, 0.3) is 5.91 Å². The molecular formula is C13H14ClNO4. The molecule has 1 aromatic carbocycles. The van der Waals surface area contributed by atoms with Crippen LogP contribution in [0.3, 0.4) is 0 Å². The zero-order valence-corrected chi connectivity index (χ0v) is 10.9. The summed E-state index contributed by atoms with van der Waals surface area (Å²) in [6, 6.07) is 4.24. The third-order valence-electron chi connectivity index (χ3n) is 3.25. The molecule has 2 rings (SSSR count). The van der Waals surface area contributed by atoms with E-state index in [0.29, 0.717) is 24.4 Å². The maximum Gasteiger partial charge on any atom is 0.308 e. The van der Waals surface area contributed by atoms with Crippen LogP contribution in [-0.4, -0.2) is 40.1 Å². The van der Waals surface area contributed by atoms with Gasteiger partial charge in [-0.2, -0.15) is 0 Å². The van der Waals surface area contributed by atoms with Crippen LogP contribution in [0.15, 0.2) is 18.2 Å². The molecule has 1 aromatic rings. The van der Waals surface area contributed by atoms with Gasteiger partial charge >= 0.3 is 5.97 Å². The summed E-state index contributed by atoms with van der Waals surface area (Å²) in [5.74, 6) is -1.97. The summed E-state index contributed by atoms with van der Waals surface area (Å²) in [4.78, 5) is 24.7. The quantitative estimate of drug-likeness (QED) is 0.870. The summed E-state index contributed by atoms with van der Waals surface area (Å²) in [6.07, 6.45) is 1.21. The van der Waals surface area contributed by atoms with Crippen LogP contribution in [0.2, 0.25) is 5.02 Å². The van der Waals surface area contributed by atoms with E-state index in [4.69, 9.17) is 16.7 Å². The molecule has 1 aliphatic heterocycles. The second-order valence-electron chi connectivity index (χ2n) is 4.59. The average Bonchev–Trinajstić information content (AvgIpc) is 2.41. The molecule has 1 fully saturated rings. The van der Waals surface area contributed by atoms with Crippen molar-refractivity contribution in [1.29, 1.82) is 0 Å². The van der Waals surface area contributed by atoms with E-state index in [-0.39, 0.29) is 23.8 Å². The molecule has 0 saturated carbocycles. The van der Waals surface area contributed by atoms with Gasteiger partial charge in [0.05, 0.1) is 11.5 Å². The molecule has 0 unspecified atom stereocenters. The van der Waals surface area contributed by atoms with E-state index in [1.165, 1.54) is 23.1 Å². The predicted octanol–water partition coefficient (Wildman–Crippen LogP) is 1.98. The van der Waals surface area contributed by atoms with Crippen LogP contribution in [0.25, 0.3) is 0 Å². The first-order valence-electron chi connectivity index (χ1n) is 5.99. The number of rotatable bonds is 2. The van der Waals surface area contributed by atoms with Crippen LogP contribution in [-0.2, 0) is 4.79 Å². The van der Waals surface area contributed by atoms with Gasteiger partial charge < -0.3 is 15.1 Å². The minimum absolute atomic E-state index is 0.110. The Kier molecular flexibility index (Phi) is 3.95. The molecule has 19 heavy (non-hydrogen) atoms. The molecule has 0 radical (unpaired) electrons. The summed E-state index contributed by atoms with van der Waals surface area (Å²) in [7, 11) is 0. The fourth-order valence-electron chi connectivity index (χ4n) is 2.21. The molecule has 1 atom stereocenters. The number of carboxylic acid groups (broad SMARTS) is 1. The number of carbonyl (C=O) groups excluding carboxylic acids is 1. The monoisotopic (exact) mass is 283 g/mol. The number of aromatic hydroxyl groups is 1. The maximum absolute atomic E-state index is 12.3. The SMILES string of the molecule is O=C(O)[C@@H]1CCCN(C(=O)c2cc(Cl)ccc2O)C1. The van der Waals surface area contributed by atoms with Gasteiger partial charge in [-0.3, -0.25) is 9.59 Å². The first kappa shape index (κ1) is 13.7. The number of piperidine rings is 1. The fraction of sp³-hybridized carbons (Fsp3) is 0.385. The van der Waals surface area contributed by atoms with Gasteiger partial charge in [0, 0.05) is 18.1 Å². The number of hydrogen-bond acceptors (Lipinski definition) is 3. The lowest BCUT2D eigenvalue weighted by atomic mass is 9.97. The Morgan fingerprint density at radius 3 is 2.79 bits per heavy atom. The topological polar surface area (TPSA) is 77.8 Å². The number of halogens is 1. The normalized spacial score (nSPS) is 19.2. The predicted molar refractivity (Wildman–Crippen MR) is 69.4 cm³/mol. The summed E-state index contributed by atoms with van der Waals surface area (Å²) in [5.41, 5.74) is 0.110. The van der Waals surface area contributed by atoms with E-state index in [1.807, 2.05) is 0 Å². The summed E-state index contributed by atoms with van der Waals surface area (Å²) < 4.78 is 0. The Bertz CT molecular complexity index is 517. The lowest BCUT2D eigenvalue weighted by Gasteiger charge is -2.30. The van der Waals surface area contributed by atoms with Crippen molar-refractivity contribution in [3.63, 3.8) is 0 Å². The van der Waals surface area contributed by atoms with Crippen LogP contribution < -0.4 is 0 Å². The minimum Gasteiger partial charge on any atom is -0.507 e. The van der Waals surface area contributed by atoms with Gasteiger partial charge in [0.2, 0.25) is 0 Å². The number of phenols is 1. The highest BCUT2D eigenvalue weighted by atomic mass is 35.5. The van der Waals surface area contributed by atoms with Crippen LogP contribution in [0.4, 0.5) is 0 Å². The van der Waals surface area contributed by atoms with E-state index >= 15 is 0 Å². The molecule has 0 aromatic heterocycles. The number of carboxylic acids is 1. The zero-order valence-electron chi connectivity index (χ0n) is 10.2. The minimum atomic E-state index is -0.896. The Balaban J connectivity index is 2.19. The summed E-state index contributed by atoms with van der Waals surface area (Å²) >= 11 is 5.80. The number of phenolic OH excluding ortho intramolecular Hbond substituents is 1. The van der Waals surface area contributed by atoms with Gasteiger partial charge in [-0.15, -0.1) is 0 Å². The number of carbonyl (C=O) groups is 2. The number of nitrogens with zero attached hydrogens (tertiary/aromatic N) is 1. The molecule has 0 spiro atoms. The number of amides is 1. The van der Waals surface area contributed by atoms with E-state index in [2.05, 4.69) is 0 Å². The van der Waals surface area contributed by atoms with E-state index < -0.39 is 11.9 Å². The zero-order chi connectivity index (χ0) is 14.0. The van der Waals surface area contributed by atoms with E-state index in [0.717, 1.165) is 0 Å². The van der Waals surface area contributed by atoms with Crippen LogP contribution in [0.1, 0.15) is 23.2 Å². The molecule has 1 saturated heterocycles. The van der Waals surface area contributed by atoms with Gasteiger partial charge in [0.15, 0.2) is 0 Å². The standard InChI is InChI=1S/C13H14ClNO4/c14-9-3-4-11(16)10(6-9)12(17)15-5-1-2-8(7-15)13(18)19/h3-4,6,8,16H,1-2,5,7H2,(H,18,19)/t8-/m1/s1. The molecule has 1 heterocycles. The third-order valence-corrected chi connectivity index (χ3v) is 3.48. The van der Waals surface area contributed by atoms with Crippen molar-refractivity contribution in [3.8, 4) is 5.75 Å². The highest BCUT2D eigenvalue weighted by Gasteiger charge is 2.29. The molecule has 1 amide bonds. The first-order valence-corrected chi connectivity index (χ1v) is 6.37. The first-order chi connectivity index (χ1) is 8.99. The van der Waals surface area contributed by atoms with Gasteiger partial charge in [-0.1, -0.05) is 11.6 Å². The number of hydrogen-bond donors (Lipinski definition) is 2. The van der Waals surface area contributed by atoms with Crippen molar-refractivity contribution >= 4 is 23.5 Å². The number of aliphatic carboxylic acids is 1. The smallest absolute Gasteiger partial charge is 0.308 e. The van der Waals surface area contributed by atoms with Crippen LogP contribution in [0.5, 0.6) is 5.75 Å². The lowest BCUT2D eigenvalue weighted by molar-refractivity contribution is -0.143. The summed E-state index contributed by atoms with van der Waals surface area (Å²) in [6.45, 7) is 0.661. The largest absolute Gasteiger partial charge is 0.507 e. The van der Waals surface area contributed by atoms with Crippen molar-refractivity contribution in [3.05, 3.63) is 28.8 Å². The molecule has 102 valence electrons. The highest BCUT2D eigenvalue weighted by molar-refractivity contribution is 6.31. The van der Waals surface area contributed by atoms with Crippen molar-refractivity contribution in [2.75, 3.05) is 13.1 Å². The summed E-state index contributed by atoms with van der Waals surface area (Å²) in [5, 5.41) is 19.0. The molecule has 5 nitrogen and oxygen atoms in total. The second-order valence-corrected chi connectivity index (χ2v) is 5.03. The average molecular weight is 284 g/mol. The van der Waals surface area contributed by atoms with Crippen molar-refractivity contribution in [2.45, 2.75) is 12.8 Å². The van der Waals surface area contributed by atoms with Crippen molar-refractivity contribution < 1.29 is 19.8 Å². The van der Waals surface area contributed by atoms with Crippen LogP contribution in [0, 0.1) is 5.92 Å². The molecule has 2 N–H and O–H groups in total. The maximum atomic E-state index is 12.3. The Morgan fingerprint density at radius 1 is 1.37 bits per heavy atom. The van der Waals surface area contributed by atoms with Crippen molar-refractivity contribution in [1.82, 2.24) is 4.90 Å².